The molecule has 1 radical (unpaired) electrons. The summed E-state index contributed by atoms with van der Waals surface area (Å²) in [5.41, 5.74) is 0.271. The number of aryl methyl sites for hydroxylation is 1. The maximum absolute atomic E-state index is 9.84. The molecule has 161 valence electrons. The van der Waals surface area contributed by atoms with Crippen LogP contribution in [0.5, 0.6) is 5.75 Å². The molecule has 28 heavy (non-hydrogen) atoms. The molecule has 0 amide bonds. The van der Waals surface area contributed by atoms with Gasteiger partial charge in [0.15, 0.2) is 0 Å². The van der Waals surface area contributed by atoms with Gasteiger partial charge in [-0.15, -0.1) is 0 Å². The summed E-state index contributed by atoms with van der Waals surface area (Å²) in [6, 6.07) is 8.29. The first-order valence-corrected chi connectivity index (χ1v) is 11.0. The van der Waals surface area contributed by atoms with Crippen molar-refractivity contribution < 1.29 is 19.7 Å². The molecule has 0 fully saturated rings. The van der Waals surface area contributed by atoms with Crippen LogP contribution < -0.4 is 4.74 Å². The zero-order valence-electron chi connectivity index (χ0n) is 18.0. The minimum Gasteiger partial charge on any atom is -0.491 e. The number of ether oxygens (including phenoxy) is 2. The third kappa shape index (κ3) is 12.4. The van der Waals surface area contributed by atoms with Crippen LogP contribution in [0.1, 0.15) is 77.2 Å². The first-order chi connectivity index (χ1) is 13.5. The van der Waals surface area contributed by atoms with Crippen LogP contribution in [0.4, 0.5) is 0 Å². The molecule has 2 unspecified atom stereocenters. The molecule has 0 saturated carbocycles. The second kappa shape index (κ2) is 14.8. The number of hydrogen-bond donors (Lipinski definition) is 2. The van der Waals surface area contributed by atoms with Gasteiger partial charge < -0.3 is 19.7 Å². The maximum atomic E-state index is 9.84. The van der Waals surface area contributed by atoms with Gasteiger partial charge in [-0.25, -0.2) is 0 Å². The quantitative estimate of drug-likeness (QED) is 0.362. The number of hydrogen-bond acceptors (Lipinski definition) is 4. The van der Waals surface area contributed by atoms with E-state index in [1.807, 2.05) is 19.1 Å². The summed E-state index contributed by atoms with van der Waals surface area (Å²) in [5, 5.41) is 19.7. The molecule has 4 heteroatoms. The molecule has 0 aliphatic heterocycles. The van der Waals surface area contributed by atoms with Crippen LogP contribution in [0.25, 0.3) is 0 Å². The van der Waals surface area contributed by atoms with Gasteiger partial charge in [0.1, 0.15) is 12.4 Å². The van der Waals surface area contributed by atoms with Crippen molar-refractivity contribution in [3.05, 3.63) is 36.8 Å². The van der Waals surface area contributed by atoms with E-state index in [0.717, 1.165) is 12.2 Å². The van der Waals surface area contributed by atoms with Crippen LogP contribution in [0.2, 0.25) is 0 Å². The predicted molar refractivity (Wildman–Crippen MR) is 116 cm³/mol. The van der Waals surface area contributed by atoms with E-state index in [0.29, 0.717) is 19.6 Å². The second-order valence-corrected chi connectivity index (χ2v) is 7.87. The van der Waals surface area contributed by atoms with Gasteiger partial charge in [0.05, 0.1) is 24.9 Å². The standard InChI is InChI=1S/C24H41O4/c1-4-6-7-8-9-10-11-12-21-13-15-23(16-14-21)28-18-17-27-20-22(25)19-24(3,26)5-2/h13-16,22,25-26H,3-12,17-20H2,1-2H3. The fraction of sp³-hybridized carbons (Fsp3) is 0.708. The van der Waals surface area contributed by atoms with E-state index in [1.165, 1.54) is 50.5 Å². The van der Waals surface area contributed by atoms with Gasteiger partial charge in [-0.2, -0.15) is 0 Å². The summed E-state index contributed by atoms with van der Waals surface area (Å²) in [6.45, 7) is 8.79. The minimum absolute atomic E-state index is 0.179. The van der Waals surface area contributed by atoms with Crippen molar-refractivity contribution in [1.29, 1.82) is 0 Å². The normalized spacial score (nSPS) is 14.6. The highest BCUT2D eigenvalue weighted by atomic mass is 16.5. The second-order valence-electron chi connectivity index (χ2n) is 7.87. The molecule has 0 bridgehead atoms. The largest absolute Gasteiger partial charge is 0.491 e. The van der Waals surface area contributed by atoms with Gasteiger partial charge in [0.25, 0.3) is 0 Å². The number of aliphatic hydroxyl groups is 2. The summed E-state index contributed by atoms with van der Waals surface area (Å²) >= 11 is 0. The molecule has 2 atom stereocenters. The highest BCUT2D eigenvalue weighted by molar-refractivity contribution is 5.27. The Kier molecular flexibility index (Phi) is 13.2. The average molecular weight is 394 g/mol. The molecular formula is C24H41O4. The van der Waals surface area contributed by atoms with E-state index < -0.39 is 11.7 Å². The first kappa shape index (κ1) is 24.9. The van der Waals surface area contributed by atoms with E-state index >= 15 is 0 Å². The predicted octanol–water partition coefficient (Wildman–Crippen LogP) is 5.10. The van der Waals surface area contributed by atoms with Crippen molar-refractivity contribution in [2.75, 3.05) is 19.8 Å². The van der Waals surface area contributed by atoms with Gasteiger partial charge in [0, 0.05) is 6.42 Å². The Balaban J connectivity index is 2.08. The lowest BCUT2D eigenvalue weighted by Crippen LogP contribution is -2.32. The van der Waals surface area contributed by atoms with E-state index in [1.54, 1.807) is 0 Å². The highest BCUT2D eigenvalue weighted by Crippen LogP contribution is 2.17. The van der Waals surface area contributed by atoms with Crippen molar-refractivity contribution in [2.45, 2.75) is 89.8 Å². The first-order valence-electron chi connectivity index (χ1n) is 11.0. The summed E-state index contributed by atoms with van der Waals surface area (Å²) < 4.78 is 11.1. The Bertz CT molecular complexity index is 484. The average Bonchev–Trinajstić information content (AvgIpc) is 2.67. The number of rotatable bonds is 17. The van der Waals surface area contributed by atoms with Crippen LogP contribution in [0.3, 0.4) is 0 Å². The Labute approximate surface area is 172 Å². The summed E-state index contributed by atoms with van der Waals surface area (Å²) in [6.07, 6.45) is 10.5. The van der Waals surface area contributed by atoms with Gasteiger partial charge in [-0.3, -0.25) is 0 Å². The third-order valence-corrected chi connectivity index (χ3v) is 5.07. The fourth-order valence-electron chi connectivity index (χ4n) is 3.12. The van der Waals surface area contributed by atoms with E-state index in [9.17, 15) is 10.2 Å². The lowest BCUT2D eigenvalue weighted by atomic mass is 9.96. The molecule has 0 heterocycles. The Hall–Kier alpha value is -1.10. The molecule has 0 saturated heterocycles. The Morgan fingerprint density at radius 3 is 2.25 bits per heavy atom. The molecule has 1 aromatic rings. The van der Waals surface area contributed by atoms with Gasteiger partial charge in [-0.05, 0) is 43.9 Å². The number of unbranched alkanes of at least 4 members (excludes halogenated alkanes) is 6. The number of aliphatic hydroxyl groups excluding tert-OH is 1. The summed E-state index contributed by atoms with van der Waals surface area (Å²) in [4.78, 5) is 0. The minimum atomic E-state index is -1.09. The monoisotopic (exact) mass is 393 g/mol. The van der Waals surface area contributed by atoms with E-state index in [4.69, 9.17) is 9.47 Å². The molecule has 0 aliphatic carbocycles. The molecule has 0 aliphatic rings. The van der Waals surface area contributed by atoms with Crippen molar-refractivity contribution in [3.8, 4) is 5.75 Å². The molecule has 2 N–H and O–H groups in total. The zero-order valence-corrected chi connectivity index (χ0v) is 18.0. The smallest absolute Gasteiger partial charge is 0.119 e. The topological polar surface area (TPSA) is 58.9 Å². The van der Waals surface area contributed by atoms with Crippen LogP contribution in [-0.2, 0) is 11.2 Å². The molecule has 1 aromatic carbocycles. The van der Waals surface area contributed by atoms with Gasteiger partial charge in [0.2, 0.25) is 0 Å². The van der Waals surface area contributed by atoms with Gasteiger partial charge in [-0.1, -0.05) is 64.5 Å². The Morgan fingerprint density at radius 1 is 0.964 bits per heavy atom. The lowest BCUT2D eigenvalue weighted by molar-refractivity contribution is -0.0244. The molecular weight excluding hydrogens is 352 g/mol. The van der Waals surface area contributed by atoms with Crippen molar-refractivity contribution >= 4 is 0 Å². The highest BCUT2D eigenvalue weighted by Gasteiger charge is 2.22. The van der Waals surface area contributed by atoms with Crippen LogP contribution in [0, 0.1) is 6.92 Å². The van der Waals surface area contributed by atoms with Crippen LogP contribution >= 0.6 is 0 Å². The van der Waals surface area contributed by atoms with Crippen molar-refractivity contribution in [3.63, 3.8) is 0 Å². The SMILES string of the molecule is [CH2]C(O)(CC)CC(O)COCCOc1ccc(CCCCCCCCC)cc1. The van der Waals surface area contributed by atoms with Crippen molar-refractivity contribution in [1.82, 2.24) is 0 Å². The summed E-state index contributed by atoms with van der Waals surface area (Å²) in [5.74, 6) is 0.839. The molecule has 4 nitrogen and oxygen atoms in total. The van der Waals surface area contributed by atoms with Crippen molar-refractivity contribution in [2.24, 2.45) is 0 Å². The van der Waals surface area contributed by atoms with Gasteiger partial charge >= 0.3 is 0 Å². The van der Waals surface area contributed by atoms with Crippen LogP contribution in [0.15, 0.2) is 24.3 Å². The lowest BCUT2D eigenvalue weighted by Gasteiger charge is -2.24. The summed E-state index contributed by atoms with van der Waals surface area (Å²) in [7, 11) is 0. The molecule has 0 spiro atoms. The zero-order chi connectivity index (χ0) is 20.7. The molecule has 0 aromatic heterocycles. The fourth-order valence-corrected chi connectivity index (χ4v) is 3.12. The van der Waals surface area contributed by atoms with Crippen LogP contribution in [-0.4, -0.2) is 41.7 Å². The Morgan fingerprint density at radius 2 is 1.61 bits per heavy atom. The maximum Gasteiger partial charge on any atom is 0.119 e. The number of benzene rings is 1. The molecule has 1 rings (SSSR count). The van der Waals surface area contributed by atoms with E-state index in [-0.39, 0.29) is 13.0 Å². The van der Waals surface area contributed by atoms with E-state index in [2.05, 4.69) is 26.0 Å². The third-order valence-electron chi connectivity index (χ3n) is 5.07.